The molecule has 0 saturated carbocycles. The molecule has 0 aromatic rings. The fraction of sp³-hybridized carbons (Fsp3) is 0.857. The van der Waals surface area contributed by atoms with Gasteiger partial charge in [-0.2, -0.15) is 0 Å². The van der Waals surface area contributed by atoms with Crippen molar-refractivity contribution in [3.63, 3.8) is 0 Å². The number of aliphatic hydroxyl groups excluding tert-OH is 6. The number of hydrogen-bond acceptors (Lipinski definition) is 11. The summed E-state index contributed by atoms with van der Waals surface area (Å²) in [6.07, 6.45) is -15.3. The summed E-state index contributed by atoms with van der Waals surface area (Å²) in [6.45, 7) is 0.541. The minimum atomic E-state index is -1.86. The highest BCUT2D eigenvalue weighted by Crippen LogP contribution is 2.25. The van der Waals surface area contributed by atoms with Crippen LogP contribution in [-0.2, 0) is 23.8 Å². The highest BCUT2D eigenvalue weighted by atomic mass is 16.7. The van der Waals surface area contributed by atoms with Gasteiger partial charge in [-0.25, -0.2) is 4.79 Å². The van der Waals surface area contributed by atoms with Crippen molar-refractivity contribution in [2.45, 2.75) is 68.3 Å². The van der Waals surface area contributed by atoms with Crippen molar-refractivity contribution in [1.82, 2.24) is 5.32 Å². The Labute approximate surface area is 152 Å². The topological polar surface area (TPSA) is 215 Å². The number of ether oxygens (including phenoxy) is 3. The minimum absolute atomic E-state index is 0.572. The monoisotopic (exact) mass is 397 g/mol. The summed E-state index contributed by atoms with van der Waals surface area (Å²) >= 11 is 0. The van der Waals surface area contributed by atoms with Gasteiger partial charge in [-0.05, 0) is 0 Å². The number of hydrogen-bond donors (Lipinski definition) is 8. The first-order valence-corrected chi connectivity index (χ1v) is 8.05. The second-order valence-electron chi connectivity index (χ2n) is 6.34. The molecular formula is C14H23NO12. The Hall–Kier alpha value is -1.42. The summed E-state index contributed by atoms with van der Waals surface area (Å²) < 4.78 is 15.3. The Morgan fingerprint density at radius 2 is 1.56 bits per heavy atom. The van der Waals surface area contributed by atoms with Gasteiger partial charge in [0.1, 0.15) is 42.7 Å². The number of carbonyl (C=O) groups is 2. The second kappa shape index (κ2) is 8.72. The maximum absolute atomic E-state index is 11.3. The highest BCUT2D eigenvalue weighted by Gasteiger charge is 2.49. The van der Waals surface area contributed by atoms with Crippen LogP contribution in [0.25, 0.3) is 0 Å². The van der Waals surface area contributed by atoms with Crippen molar-refractivity contribution in [2.75, 3.05) is 6.61 Å². The number of nitrogens with one attached hydrogen (secondary N) is 1. The lowest BCUT2D eigenvalue weighted by Gasteiger charge is -2.42. The van der Waals surface area contributed by atoms with E-state index in [1.54, 1.807) is 0 Å². The summed E-state index contributed by atoms with van der Waals surface area (Å²) in [5.41, 5.74) is 0. The second-order valence-corrected chi connectivity index (χ2v) is 6.34. The van der Waals surface area contributed by atoms with Crippen molar-refractivity contribution >= 4 is 11.9 Å². The van der Waals surface area contributed by atoms with Gasteiger partial charge in [-0.1, -0.05) is 0 Å². The van der Waals surface area contributed by atoms with Crippen LogP contribution >= 0.6 is 0 Å². The molecule has 2 aliphatic heterocycles. The van der Waals surface area contributed by atoms with Crippen LogP contribution in [0.3, 0.4) is 0 Å². The molecule has 0 aliphatic carbocycles. The lowest BCUT2D eigenvalue weighted by Crippen LogP contribution is -2.66. The minimum Gasteiger partial charge on any atom is -0.479 e. The Morgan fingerprint density at radius 1 is 0.926 bits per heavy atom. The lowest BCUT2D eigenvalue weighted by molar-refractivity contribution is -0.309. The third-order valence-electron chi connectivity index (χ3n) is 4.33. The number of amides is 1. The smallest absolute Gasteiger partial charge is 0.335 e. The van der Waals surface area contributed by atoms with Gasteiger partial charge in [0.2, 0.25) is 5.91 Å². The van der Waals surface area contributed by atoms with Crippen LogP contribution in [0.4, 0.5) is 0 Å². The molecule has 2 saturated heterocycles. The Morgan fingerprint density at radius 3 is 2.11 bits per heavy atom. The highest BCUT2D eigenvalue weighted by molar-refractivity contribution is 5.74. The SMILES string of the molecule is CC(=O)N[C@@H]1[C@H](OC[C@H]2OC(O)[C@H](O)[C@@H](O)[C@@H]2O)O[C@H](C(=O)O)[C@@H](O)[C@@H]1O. The summed E-state index contributed by atoms with van der Waals surface area (Å²) in [6, 6.07) is -1.35. The van der Waals surface area contributed by atoms with E-state index in [1.165, 1.54) is 0 Å². The molecule has 2 heterocycles. The van der Waals surface area contributed by atoms with Gasteiger partial charge in [0.05, 0.1) is 6.61 Å². The fourth-order valence-electron chi connectivity index (χ4n) is 2.86. The number of aliphatic carboxylic acids is 1. The summed E-state index contributed by atoms with van der Waals surface area (Å²) in [4.78, 5) is 22.5. The molecule has 2 fully saturated rings. The van der Waals surface area contributed by atoms with Gasteiger partial charge in [0.15, 0.2) is 18.7 Å². The van der Waals surface area contributed by atoms with E-state index in [9.17, 15) is 40.2 Å². The molecule has 156 valence electrons. The molecule has 0 bridgehead atoms. The van der Waals surface area contributed by atoms with Crippen LogP contribution in [0.15, 0.2) is 0 Å². The molecule has 8 N–H and O–H groups in total. The van der Waals surface area contributed by atoms with Crippen LogP contribution in [0.2, 0.25) is 0 Å². The number of rotatable bonds is 5. The van der Waals surface area contributed by atoms with E-state index in [0.29, 0.717) is 0 Å². The quantitative estimate of drug-likeness (QED) is 0.218. The van der Waals surface area contributed by atoms with E-state index in [1.807, 2.05) is 0 Å². The van der Waals surface area contributed by atoms with Crippen molar-refractivity contribution in [1.29, 1.82) is 0 Å². The van der Waals surface area contributed by atoms with E-state index in [2.05, 4.69) is 5.32 Å². The molecule has 1 unspecified atom stereocenters. The Kier molecular flexibility index (Phi) is 7.07. The van der Waals surface area contributed by atoms with Crippen LogP contribution in [-0.4, -0.2) is 116 Å². The first-order chi connectivity index (χ1) is 12.5. The molecular weight excluding hydrogens is 374 g/mol. The van der Waals surface area contributed by atoms with E-state index in [0.717, 1.165) is 6.92 Å². The lowest BCUT2D eigenvalue weighted by atomic mass is 9.96. The van der Waals surface area contributed by atoms with Crippen molar-refractivity contribution in [3.05, 3.63) is 0 Å². The maximum atomic E-state index is 11.3. The van der Waals surface area contributed by atoms with Gasteiger partial charge in [0.25, 0.3) is 0 Å². The molecule has 0 radical (unpaired) electrons. The third kappa shape index (κ3) is 4.71. The predicted octanol–water partition coefficient (Wildman–Crippen LogP) is -5.16. The zero-order valence-electron chi connectivity index (χ0n) is 14.2. The summed E-state index contributed by atoms with van der Waals surface area (Å²) in [5.74, 6) is -2.21. The molecule has 0 aromatic heterocycles. The molecule has 13 nitrogen and oxygen atoms in total. The number of carbonyl (C=O) groups excluding carboxylic acids is 1. The summed E-state index contributed by atoms with van der Waals surface area (Å²) in [5, 5.41) is 69.7. The third-order valence-corrected chi connectivity index (χ3v) is 4.33. The van der Waals surface area contributed by atoms with Gasteiger partial charge in [-0.15, -0.1) is 0 Å². The van der Waals surface area contributed by atoms with Gasteiger partial charge in [-0.3, -0.25) is 4.79 Å². The Bertz CT molecular complexity index is 546. The largest absolute Gasteiger partial charge is 0.479 e. The molecule has 0 spiro atoms. The average molecular weight is 397 g/mol. The molecule has 2 rings (SSSR count). The van der Waals surface area contributed by atoms with E-state index < -0.39 is 79.8 Å². The van der Waals surface area contributed by atoms with Crippen molar-refractivity contribution in [2.24, 2.45) is 0 Å². The standard InChI is InChI=1S/C14H23NO12/c1-3(16)15-5-7(18)9(20)11(12(22)23)27-14(5)25-2-4-6(17)8(19)10(21)13(24)26-4/h4-11,13-14,17-21,24H,2H2,1H3,(H,15,16)(H,22,23)/t4-,5+,6-,7-,8+,9+,10-,11+,13?,14-/m1/s1. The zero-order chi connectivity index (χ0) is 20.5. The molecule has 27 heavy (non-hydrogen) atoms. The van der Waals surface area contributed by atoms with Crippen molar-refractivity contribution < 1.29 is 59.5 Å². The first kappa shape index (κ1) is 21.9. The van der Waals surface area contributed by atoms with Gasteiger partial charge in [0, 0.05) is 6.92 Å². The van der Waals surface area contributed by atoms with Crippen LogP contribution in [0.5, 0.6) is 0 Å². The van der Waals surface area contributed by atoms with E-state index >= 15 is 0 Å². The average Bonchev–Trinajstić information content (AvgIpc) is 2.59. The predicted molar refractivity (Wildman–Crippen MR) is 80.8 cm³/mol. The van der Waals surface area contributed by atoms with Crippen molar-refractivity contribution in [3.8, 4) is 0 Å². The van der Waals surface area contributed by atoms with Crippen LogP contribution < -0.4 is 5.32 Å². The summed E-state index contributed by atoms with van der Waals surface area (Å²) in [7, 11) is 0. The van der Waals surface area contributed by atoms with Crippen LogP contribution in [0, 0.1) is 0 Å². The van der Waals surface area contributed by atoms with Gasteiger partial charge < -0.3 is 55.3 Å². The normalized spacial score (nSPS) is 45.3. The molecule has 13 heteroatoms. The number of carboxylic acids is 1. The molecule has 2 aliphatic rings. The van der Waals surface area contributed by atoms with Crippen LogP contribution in [0.1, 0.15) is 6.92 Å². The fourth-order valence-corrected chi connectivity index (χ4v) is 2.86. The maximum Gasteiger partial charge on any atom is 0.335 e. The zero-order valence-corrected chi connectivity index (χ0v) is 14.2. The Balaban J connectivity index is 2.10. The van der Waals surface area contributed by atoms with Gasteiger partial charge >= 0.3 is 5.97 Å². The van der Waals surface area contributed by atoms with E-state index in [4.69, 9.17) is 19.3 Å². The number of aliphatic hydroxyl groups is 6. The van der Waals surface area contributed by atoms with E-state index in [-0.39, 0.29) is 0 Å². The number of carboxylic acid groups (broad SMARTS) is 1. The molecule has 10 atom stereocenters. The molecule has 0 aromatic carbocycles. The molecule has 1 amide bonds. The first-order valence-electron chi connectivity index (χ1n) is 8.05.